The maximum absolute atomic E-state index is 12.4. The number of carbonyl (C=O) groups excluding carboxylic acids is 1. The highest BCUT2D eigenvalue weighted by atomic mass is 16.1. The molecule has 2 aromatic heterocycles. The lowest BCUT2D eigenvalue weighted by Gasteiger charge is -2.09. The third-order valence-corrected chi connectivity index (χ3v) is 4.53. The summed E-state index contributed by atoms with van der Waals surface area (Å²) >= 11 is 0. The molecule has 0 radical (unpaired) electrons. The standard InChI is InChI=1S/C18H20N6O/c25-18(14-5-7-15(8-6-14)23-11-9-19-13-23)20-12-17-22-21-16-4-2-1-3-10-24(16)17/h5-9,11,13H,1-4,10,12H2,(H,20,25). The Labute approximate surface area is 145 Å². The Hall–Kier alpha value is -2.96. The Morgan fingerprint density at radius 1 is 1.12 bits per heavy atom. The molecule has 25 heavy (non-hydrogen) atoms. The maximum Gasteiger partial charge on any atom is 0.251 e. The number of carbonyl (C=O) groups is 1. The molecule has 3 heterocycles. The highest BCUT2D eigenvalue weighted by Crippen LogP contribution is 2.14. The lowest BCUT2D eigenvalue weighted by molar-refractivity contribution is 0.0949. The monoisotopic (exact) mass is 336 g/mol. The summed E-state index contributed by atoms with van der Waals surface area (Å²) in [5.74, 6) is 1.76. The molecule has 1 amide bonds. The number of aromatic nitrogens is 5. The van der Waals surface area contributed by atoms with Crippen LogP contribution in [0.2, 0.25) is 0 Å². The van der Waals surface area contributed by atoms with Gasteiger partial charge >= 0.3 is 0 Å². The van der Waals surface area contributed by atoms with Gasteiger partial charge in [0.05, 0.1) is 12.9 Å². The highest BCUT2D eigenvalue weighted by molar-refractivity contribution is 5.94. The number of imidazole rings is 1. The van der Waals surface area contributed by atoms with Crippen molar-refractivity contribution in [3.8, 4) is 5.69 Å². The second kappa shape index (κ2) is 6.88. The second-order valence-corrected chi connectivity index (χ2v) is 6.19. The van der Waals surface area contributed by atoms with Crippen molar-refractivity contribution in [2.24, 2.45) is 0 Å². The number of hydrogen-bond acceptors (Lipinski definition) is 4. The molecule has 0 unspecified atom stereocenters. The van der Waals surface area contributed by atoms with Crippen LogP contribution in [0.3, 0.4) is 0 Å². The van der Waals surface area contributed by atoms with E-state index in [0.717, 1.165) is 43.1 Å². The molecule has 0 saturated heterocycles. The van der Waals surface area contributed by atoms with Crippen LogP contribution in [0, 0.1) is 0 Å². The Balaban J connectivity index is 1.42. The van der Waals surface area contributed by atoms with Crippen molar-refractivity contribution in [1.82, 2.24) is 29.6 Å². The highest BCUT2D eigenvalue weighted by Gasteiger charge is 2.15. The number of aryl methyl sites for hydroxylation is 1. The van der Waals surface area contributed by atoms with Gasteiger partial charge in [-0.05, 0) is 37.1 Å². The fourth-order valence-corrected chi connectivity index (χ4v) is 3.13. The molecule has 0 saturated carbocycles. The molecule has 0 aliphatic carbocycles. The Bertz CT molecular complexity index is 850. The van der Waals surface area contributed by atoms with E-state index in [2.05, 4.69) is 25.1 Å². The van der Waals surface area contributed by atoms with Crippen LogP contribution in [0.1, 0.15) is 41.3 Å². The molecule has 1 aliphatic rings. The van der Waals surface area contributed by atoms with Crippen molar-refractivity contribution in [3.05, 3.63) is 60.2 Å². The van der Waals surface area contributed by atoms with Gasteiger partial charge in [0.2, 0.25) is 0 Å². The summed E-state index contributed by atoms with van der Waals surface area (Å²) in [6.45, 7) is 1.34. The van der Waals surface area contributed by atoms with Crippen molar-refractivity contribution >= 4 is 5.91 Å². The van der Waals surface area contributed by atoms with Crippen LogP contribution in [0.25, 0.3) is 5.69 Å². The topological polar surface area (TPSA) is 77.6 Å². The quantitative estimate of drug-likeness (QED) is 0.792. The van der Waals surface area contributed by atoms with Gasteiger partial charge in [-0.1, -0.05) is 6.42 Å². The van der Waals surface area contributed by atoms with Crippen molar-refractivity contribution < 1.29 is 4.79 Å². The average molecular weight is 336 g/mol. The second-order valence-electron chi connectivity index (χ2n) is 6.19. The molecule has 1 N–H and O–H groups in total. The van der Waals surface area contributed by atoms with Crippen LogP contribution in [-0.4, -0.2) is 30.2 Å². The molecule has 7 heteroatoms. The smallest absolute Gasteiger partial charge is 0.251 e. The first-order valence-electron chi connectivity index (χ1n) is 8.59. The lowest BCUT2D eigenvalue weighted by Crippen LogP contribution is -2.25. The van der Waals surface area contributed by atoms with Crippen molar-refractivity contribution in [2.75, 3.05) is 0 Å². The van der Waals surface area contributed by atoms with Crippen LogP contribution in [-0.2, 0) is 19.5 Å². The van der Waals surface area contributed by atoms with Crippen molar-refractivity contribution in [2.45, 2.75) is 38.8 Å². The molecular formula is C18H20N6O. The molecule has 3 aromatic rings. The van der Waals surface area contributed by atoms with Gasteiger partial charge < -0.3 is 14.5 Å². The SMILES string of the molecule is O=C(NCc1nnc2n1CCCCC2)c1ccc(-n2ccnc2)cc1. The zero-order valence-electron chi connectivity index (χ0n) is 13.9. The summed E-state index contributed by atoms with van der Waals surface area (Å²) in [5.41, 5.74) is 1.59. The van der Waals surface area contributed by atoms with E-state index in [1.54, 1.807) is 12.5 Å². The largest absolute Gasteiger partial charge is 0.345 e. The van der Waals surface area contributed by atoms with Gasteiger partial charge in [0.1, 0.15) is 5.82 Å². The van der Waals surface area contributed by atoms with Gasteiger partial charge in [-0.15, -0.1) is 10.2 Å². The fourth-order valence-electron chi connectivity index (χ4n) is 3.13. The third-order valence-electron chi connectivity index (χ3n) is 4.53. The first-order chi connectivity index (χ1) is 12.3. The van der Waals surface area contributed by atoms with Crippen molar-refractivity contribution in [1.29, 1.82) is 0 Å². The minimum absolute atomic E-state index is 0.108. The summed E-state index contributed by atoms with van der Waals surface area (Å²) in [6.07, 6.45) is 9.81. The molecule has 1 aliphatic heterocycles. The van der Waals surface area contributed by atoms with Crippen LogP contribution in [0.5, 0.6) is 0 Å². The van der Waals surface area contributed by atoms with E-state index in [-0.39, 0.29) is 5.91 Å². The van der Waals surface area contributed by atoms with E-state index in [1.807, 2.05) is 35.0 Å². The van der Waals surface area contributed by atoms with E-state index in [9.17, 15) is 4.79 Å². The van der Waals surface area contributed by atoms with Gasteiger partial charge in [0.25, 0.3) is 5.91 Å². The zero-order valence-corrected chi connectivity index (χ0v) is 13.9. The van der Waals surface area contributed by atoms with Crippen LogP contribution in [0.15, 0.2) is 43.0 Å². The van der Waals surface area contributed by atoms with Gasteiger partial charge in [-0.3, -0.25) is 4.79 Å². The van der Waals surface area contributed by atoms with Crippen LogP contribution >= 0.6 is 0 Å². The summed E-state index contributed by atoms with van der Waals surface area (Å²) < 4.78 is 4.04. The van der Waals surface area contributed by atoms with Gasteiger partial charge in [-0.2, -0.15) is 0 Å². The predicted octanol–water partition coefficient (Wildman–Crippen LogP) is 2.12. The van der Waals surface area contributed by atoms with E-state index < -0.39 is 0 Å². The predicted molar refractivity (Wildman–Crippen MR) is 92.3 cm³/mol. The van der Waals surface area contributed by atoms with Crippen molar-refractivity contribution in [3.63, 3.8) is 0 Å². The molecule has 0 spiro atoms. The van der Waals surface area contributed by atoms with Crippen LogP contribution in [0.4, 0.5) is 0 Å². The number of amides is 1. The number of hydrogen-bond donors (Lipinski definition) is 1. The summed E-state index contributed by atoms with van der Waals surface area (Å²) in [4.78, 5) is 16.4. The molecule has 0 bridgehead atoms. The van der Waals surface area contributed by atoms with Gasteiger partial charge in [0.15, 0.2) is 5.82 Å². The third kappa shape index (κ3) is 3.31. The minimum Gasteiger partial charge on any atom is -0.345 e. The van der Waals surface area contributed by atoms with Gasteiger partial charge in [0, 0.05) is 36.6 Å². The van der Waals surface area contributed by atoms with Crippen LogP contribution < -0.4 is 5.32 Å². The first kappa shape index (κ1) is 15.6. The molecular weight excluding hydrogens is 316 g/mol. The van der Waals surface area contributed by atoms with E-state index in [1.165, 1.54) is 6.42 Å². The summed E-state index contributed by atoms with van der Waals surface area (Å²) in [5, 5.41) is 11.4. The Morgan fingerprint density at radius 2 is 2.00 bits per heavy atom. The Kier molecular flexibility index (Phi) is 4.28. The summed E-state index contributed by atoms with van der Waals surface area (Å²) in [7, 11) is 0. The molecule has 0 atom stereocenters. The lowest BCUT2D eigenvalue weighted by atomic mass is 10.2. The van der Waals surface area contributed by atoms with E-state index in [0.29, 0.717) is 12.1 Å². The normalized spacial score (nSPS) is 13.9. The average Bonchev–Trinajstić information content (AvgIpc) is 3.25. The van der Waals surface area contributed by atoms with Gasteiger partial charge in [-0.25, -0.2) is 4.98 Å². The van der Waals surface area contributed by atoms with E-state index in [4.69, 9.17) is 0 Å². The Morgan fingerprint density at radius 3 is 2.80 bits per heavy atom. The maximum atomic E-state index is 12.4. The number of fused-ring (bicyclic) bond motifs is 1. The molecule has 0 fully saturated rings. The van der Waals surface area contributed by atoms with E-state index >= 15 is 0 Å². The number of nitrogens with zero attached hydrogens (tertiary/aromatic N) is 5. The number of nitrogens with one attached hydrogen (secondary N) is 1. The molecule has 1 aromatic carbocycles. The molecule has 128 valence electrons. The first-order valence-corrected chi connectivity index (χ1v) is 8.59. The number of rotatable bonds is 4. The number of benzene rings is 1. The fraction of sp³-hybridized carbons (Fsp3) is 0.333. The zero-order chi connectivity index (χ0) is 17.1. The molecule has 7 nitrogen and oxygen atoms in total. The molecule has 4 rings (SSSR count). The summed E-state index contributed by atoms with van der Waals surface area (Å²) in [6, 6.07) is 7.43. The minimum atomic E-state index is -0.108.